The SMILES string of the molecule is Cc1ccc(C)c(OCC(=O)N2CCC(NC(=O)c3ccsc3)CC2)c1. The zero-order valence-electron chi connectivity index (χ0n) is 15.2. The van der Waals surface area contributed by atoms with Crippen molar-refractivity contribution in [2.45, 2.75) is 32.7 Å². The summed E-state index contributed by atoms with van der Waals surface area (Å²) in [5.74, 6) is 0.721. The van der Waals surface area contributed by atoms with Crippen LogP contribution in [0.1, 0.15) is 34.3 Å². The summed E-state index contributed by atoms with van der Waals surface area (Å²) in [5.41, 5.74) is 2.84. The van der Waals surface area contributed by atoms with E-state index in [1.807, 2.05) is 53.8 Å². The van der Waals surface area contributed by atoms with Crippen LogP contribution in [0.2, 0.25) is 0 Å². The molecule has 1 saturated heterocycles. The van der Waals surface area contributed by atoms with Crippen LogP contribution in [0.5, 0.6) is 5.75 Å². The standard InChI is InChI=1S/C20H24N2O3S/c1-14-3-4-15(2)18(11-14)25-12-19(23)22-8-5-17(6-9-22)21-20(24)16-7-10-26-13-16/h3-4,7,10-11,13,17H,5-6,8-9,12H2,1-2H3,(H,21,24). The van der Waals surface area contributed by atoms with Gasteiger partial charge in [0, 0.05) is 30.1 Å². The van der Waals surface area contributed by atoms with Crippen molar-refractivity contribution >= 4 is 23.2 Å². The molecule has 0 aliphatic carbocycles. The van der Waals surface area contributed by atoms with Gasteiger partial charge in [-0.05, 0) is 55.3 Å². The van der Waals surface area contributed by atoms with Crippen LogP contribution in [0.3, 0.4) is 0 Å². The second-order valence-corrected chi connectivity index (χ2v) is 7.48. The molecule has 2 aromatic rings. The van der Waals surface area contributed by atoms with Gasteiger partial charge in [-0.3, -0.25) is 9.59 Å². The van der Waals surface area contributed by atoms with E-state index in [0.29, 0.717) is 18.7 Å². The van der Waals surface area contributed by atoms with Gasteiger partial charge in [0.25, 0.3) is 11.8 Å². The third-order valence-electron chi connectivity index (χ3n) is 4.66. The first kappa shape index (κ1) is 18.5. The molecule has 0 unspecified atom stereocenters. The maximum atomic E-state index is 12.4. The number of aryl methyl sites for hydroxylation is 2. The molecule has 0 radical (unpaired) electrons. The smallest absolute Gasteiger partial charge is 0.260 e. The maximum absolute atomic E-state index is 12.4. The number of rotatable bonds is 5. The average molecular weight is 372 g/mol. The van der Waals surface area contributed by atoms with Gasteiger partial charge in [-0.15, -0.1) is 0 Å². The van der Waals surface area contributed by atoms with Gasteiger partial charge >= 0.3 is 0 Å². The zero-order chi connectivity index (χ0) is 18.5. The van der Waals surface area contributed by atoms with E-state index in [-0.39, 0.29) is 24.5 Å². The molecule has 1 aliphatic heterocycles. The van der Waals surface area contributed by atoms with Crippen molar-refractivity contribution in [3.63, 3.8) is 0 Å². The van der Waals surface area contributed by atoms with Gasteiger partial charge in [-0.1, -0.05) is 12.1 Å². The Morgan fingerprint density at radius 1 is 1.23 bits per heavy atom. The predicted molar refractivity (Wildman–Crippen MR) is 103 cm³/mol. The highest BCUT2D eigenvalue weighted by Gasteiger charge is 2.24. The molecule has 1 aromatic heterocycles. The lowest BCUT2D eigenvalue weighted by atomic mass is 10.0. The van der Waals surface area contributed by atoms with Crippen molar-refractivity contribution in [3.05, 3.63) is 51.7 Å². The quantitative estimate of drug-likeness (QED) is 0.877. The highest BCUT2D eigenvalue weighted by Crippen LogP contribution is 2.19. The number of likely N-dealkylation sites (tertiary alicyclic amines) is 1. The summed E-state index contributed by atoms with van der Waals surface area (Å²) in [4.78, 5) is 26.3. The Labute approximate surface area is 158 Å². The van der Waals surface area contributed by atoms with Crippen LogP contribution in [0.25, 0.3) is 0 Å². The van der Waals surface area contributed by atoms with Crippen molar-refractivity contribution in [2.75, 3.05) is 19.7 Å². The maximum Gasteiger partial charge on any atom is 0.260 e. The Bertz CT molecular complexity index is 765. The molecule has 3 rings (SSSR count). The predicted octanol–water partition coefficient (Wildman–Crippen LogP) is 3.16. The molecule has 6 heteroatoms. The minimum Gasteiger partial charge on any atom is -0.483 e. The van der Waals surface area contributed by atoms with Gasteiger partial charge < -0.3 is 15.0 Å². The average Bonchev–Trinajstić information content (AvgIpc) is 3.18. The molecule has 0 atom stereocenters. The molecule has 2 heterocycles. The first-order chi connectivity index (χ1) is 12.5. The topological polar surface area (TPSA) is 58.6 Å². The third-order valence-corrected chi connectivity index (χ3v) is 5.34. The monoisotopic (exact) mass is 372 g/mol. The fraction of sp³-hybridized carbons (Fsp3) is 0.400. The summed E-state index contributed by atoms with van der Waals surface area (Å²) in [5, 5.41) is 6.79. The zero-order valence-corrected chi connectivity index (χ0v) is 16.0. The van der Waals surface area contributed by atoms with Crippen molar-refractivity contribution in [1.29, 1.82) is 0 Å². The Morgan fingerprint density at radius 3 is 2.69 bits per heavy atom. The second kappa shape index (κ2) is 8.36. The second-order valence-electron chi connectivity index (χ2n) is 6.70. The minimum atomic E-state index is -0.0331. The van der Waals surface area contributed by atoms with E-state index in [0.717, 1.165) is 29.7 Å². The number of carbonyl (C=O) groups is 2. The number of hydrogen-bond acceptors (Lipinski definition) is 4. The van der Waals surface area contributed by atoms with E-state index in [2.05, 4.69) is 5.32 Å². The van der Waals surface area contributed by atoms with Crippen molar-refractivity contribution in [1.82, 2.24) is 10.2 Å². The van der Waals surface area contributed by atoms with E-state index in [1.165, 1.54) is 11.3 Å². The Morgan fingerprint density at radius 2 is 2.00 bits per heavy atom. The third kappa shape index (κ3) is 4.64. The first-order valence-electron chi connectivity index (χ1n) is 8.84. The molecule has 1 N–H and O–H groups in total. The molecular formula is C20H24N2O3S. The molecule has 5 nitrogen and oxygen atoms in total. The lowest BCUT2D eigenvalue weighted by Crippen LogP contribution is -2.47. The summed E-state index contributed by atoms with van der Waals surface area (Å²) in [6, 6.07) is 7.92. The fourth-order valence-corrected chi connectivity index (χ4v) is 3.67. The number of benzene rings is 1. The summed E-state index contributed by atoms with van der Waals surface area (Å²) in [6.45, 7) is 5.31. The number of piperidine rings is 1. The lowest BCUT2D eigenvalue weighted by molar-refractivity contribution is -0.134. The van der Waals surface area contributed by atoms with Crippen LogP contribution in [0, 0.1) is 13.8 Å². The Hall–Kier alpha value is -2.34. The van der Waals surface area contributed by atoms with Crippen molar-refractivity contribution in [3.8, 4) is 5.75 Å². The molecule has 0 saturated carbocycles. The van der Waals surface area contributed by atoms with E-state index in [1.54, 1.807) is 0 Å². The molecule has 26 heavy (non-hydrogen) atoms. The molecule has 2 amide bonds. The minimum absolute atomic E-state index is 0.00600. The van der Waals surface area contributed by atoms with Crippen LogP contribution >= 0.6 is 11.3 Å². The Kier molecular flexibility index (Phi) is 5.93. The van der Waals surface area contributed by atoms with Gasteiger partial charge in [0.05, 0.1) is 0 Å². The molecule has 0 bridgehead atoms. The fourth-order valence-electron chi connectivity index (χ4n) is 3.03. The largest absolute Gasteiger partial charge is 0.483 e. The van der Waals surface area contributed by atoms with E-state index < -0.39 is 0 Å². The van der Waals surface area contributed by atoms with Crippen LogP contribution in [-0.4, -0.2) is 42.5 Å². The number of nitrogens with zero attached hydrogens (tertiary/aromatic N) is 1. The molecule has 1 aliphatic rings. The van der Waals surface area contributed by atoms with Crippen molar-refractivity contribution < 1.29 is 14.3 Å². The van der Waals surface area contributed by atoms with Gasteiger partial charge in [0.15, 0.2) is 6.61 Å². The molecule has 138 valence electrons. The lowest BCUT2D eigenvalue weighted by Gasteiger charge is -2.32. The number of amides is 2. The number of nitrogens with one attached hydrogen (secondary N) is 1. The molecule has 1 aromatic carbocycles. The van der Waals surface area contributed by atoms with Gasteiger partial charge in [-0.2, -0.15) is 11.3 Å². The highest BCUT2D eigenvalue weighted by molar-refractivity contribution is 7.08. The summed E-state index contributed by atoms with van der Waals surface area (Å²) < 4.78 is 5.71. The van der Waals surface area contributed by atoms with Gasteiger partial charge in [0.1, 0.15) is 5.75 Å². The summed E-state index contributed by atoms with van der Waals surface area (Å²) >= 11 is 1.51. The van der Waals surface area contributed by atoms with Crippen LogP contribution in [0.4, 0.5) is 0 Å². The number of thiophene rings is 1. The first-order valence-corrected chi connectivity index (χ1v) is 9.78. The van der Waals surface area contributed by atoms with Crippen LogP contribution in [-0.2, 0) is 4.79 Å². The van der Waals surface area contributed by atoms with E-state index in [9.17, 15) is 9.59 Å². The van der Waals surface area contributed by atoms with Gasteiger partial charge in [0.2, 0.25) is 0 Å². The normalized spacial score (nSPS) is 14.9. The van der Waals surface area contributed by atoms with E-state index >= 15 is 0 Å². The van der Waals surface area contributed by atoms with Crippen molar-refractivity contribution in [2.24, 2.45) is 0 Å². The molecular weight excluding hydrogens is 348 g/mol. The number of ether oxygens (including phenoxy) is 1. The van der Waals surface area contributed by atoms with Crippen LogP contribution < -0.4 is 10.1 Å². The summed E-state index contributed by atoms with van der Waals surface area (Å²) in [7, 11) is 0. The van der Waals surface area contributed by atoms with Gasteiger partial charge in [-0.25, -0.2) is 0 Å². The Balaban J connectivity index is 1.44. The van der Waals surface area contributed by atoms with E-state index in [4.69, 9.17) is 4.74 Å². The van der Waals surface area contributed by atoms with Crippen LogP contribution in [0.15, 0.2) is 35.0 Å². The molecule has 0 spiro atoms. The number of hydrogen-bond donors (Lipinski definition) is 1. The highest BCUT2D eigenvalue weighted by atomic mass is 32.1. The number of carbonyl (C=O) groups excluding carboxylic acids is 2. The molecule has 1 fully saturated rings. The summed E-state index contributed by atoms with van der Waals surface area (Å²) in [6.07, 6.45) is 1.54.